The van der Waals surface area contributed by atoms with Crippen LogP contribution in [0.15, 0.2) is 59.2 Å². The van der Waals surface area contributed by atoms with Gasteiger partial charge in [-0.1, -0.05) is 45.7 Å². The van der Waals surface area contributed by atoms with Crippen molar-refractivity contribution in [3.05, 3.63) is 69.8 Å². The number of hydrogen-bond donors (Lipinski definition) is 2. The van der Waals surface area contributed by atoms with Gasteiger partial charge in [0, 0.05) is 21.4 Å². The van der Waals surface area contributed by atoms with E-state index in [1.54, 1.807) is 30.5 Å². The van der Waals surface area contributed by atoms with E-state index in [0.29, 0.717) is 10.7 Å². The molecular formula is C15H12BrClN2O. The first-order valence-electron chi connectivity index (χ1n) is 5.89. The van der Waals surface area contributed by atoms with Crippen LogP contribution < -0.4 is 10.6 Å². The van der Waals surface area contributed by atoms with Crippen LogP contribution in [-0.2, 0) is 0 Å². The summed E-state index contributed by atoms with van der Waals surface area (Å²) in [7, 11) is 0. The van der Waals surface area contributed by atoms with Gasteiger partial charge in [0.05, 0.1) is 0 Å². The highest BCUT2D eigenvalue weighted by atomic mass is 79.9. The van der Waals surface area contributed by atoms with Crippen molar-refractivity contribution in [3.8, 4) is 0 Å². The van der Waals surface area contributed by atoms with Gasteiger partial charge in [0.2, 0.25) is 0 Å². The number of anilines is 1. The Hall–Kier alpha value is -1.78. The van der Waals surface area contributed by atoms with Crippen LogP contribution in [0.3, 0.4) is 0 Å². The van der Waals surface area contributed by atoms with Crippen molar-refractivity contribution < 1.29 is 4.79 Å². The highest BCUT2D eigenvalue weighted by molar-refractivity contribution is 9.10. The topological polar surface area (TPSA) is 41.1 Å². The molecule has 2 aromatic carbocycles. The summed E-state index contributed by atoms with van der Waals surface area (Å²) in [6.45, 7) is 0. The highest BCUT2D eigenvalue weighted by Crippen LogP contribution is 2.14. The van der Waals surface area contributed by atoms with Crippen LogP contribution >= 0.6 is 27.5 Å². The zero-order valence-electron chi connectivity index (χ0n) is 10.4. The van der Waals surface area contributed by atoms with Crippen LogP contribution in [-0.4, -0.2) is 6.03 Å². The molecule has 2 N–H and O–H groups in total. The molecule has 2 rings (SSSR count). The minimum atomic E-state index is -0.319. The van der Waals surface area contributed by atoms with E-state index in [1.165, 1.54) is 0 Å². The smallest absolute Gasteiger partial charge is 0.314 e. The number of amides is 2. The van der Waals surface area contributed by atoms with Gasteiger partial charge in [0.1, 0.15) is 0 Å². The Kier molecular flexibility index (Phi) is 5.21. The van der Waals surface area contributed by atoms with E-state index in [2.05, 4.69) is 26.6 Å². The molecule has 0 atom stereocenters. The van der Waals surface area contributed by atoms with Gasteiger partial charge in [-0.25, -0.2) is 4.79 Å². The molecule has 0 saturated carbocycles. The van der Waals surface area contributed by atoms with Crippen molar-refractivity contribution in [1.82, 2.24) is 5.32 Å². The maximum absolute atomic E-state index is 11.6. The third kappa shape index (κ3) is 4.72. The zero-order chi connectivity index (χ0) is 14.4. The molecular weight excluding hydrogens is 340 g/mol. The first-order valence-corrected chi connectivity index (χ1v) is 7.06. The Bertz CT molecular complexity index is 626. The lowest BCUT2D eigenvalue weighted by molar-refractivity contribution is 0.255. The average molecular weight is 352 g/mol. The first-order chi connectivity index (χ1) is 9.63. The first kappa shape index (κ1) is 14.6. The van der Waals surface area contributed by atoms with Gasteiger partial charge in [-0.05, 0) is 42.0 Å². The number of halogens is 2. The Morgan fingerprint density at radius 3 is 2.60 bits per heavy atom. The largest absolute Gasteiger partial charge is 0.323 e. The van der Waals surface area contributed by atoms with Crippen LogP contribution in [0.2, 0.25) is 5.02 Å². The van der Waals surface area contributed by atoms with Crippen molar-refractivity contribution in [1.29, 1.82) is 0 Å². The van der Waals surface area contributed by atoms with Crippen molar-refractivity contribution in [2.45, 2.75) is 0 Å². The van der Waals surface area contributed by atoms with Crippen molar-refractivity contribution in [3.63, 3.8) is 0 Å². The third-order valence-corrected chi connectivity index (χ3v) is 3.21. The fraction of sp³-hybridized carbons (Fsp3) is 0. The predicted molar refractivity (Wildman–Crippen MR) is 86.8 cm³/mol. The Labute approximate surface area is 130 Å². The molecule has 2 amide bonds. The van der Waals surface area contributed by atoms with Crippen molar-refractivity contribution >= 4 is 45.3 Å². The van der Waals surface area contributed by atoms with Crippen LogP contribution in [0.4, 0.5) is 10.5 Å². The maximum atomic E-state index is 11.6. The zero-order valence-corrected chi connectivity index (χ0v) is 12.8. The molecule has 0 radical (unpaired) electrons. The lowest BCUT2D eigenvalue weighted by Gasteiger charge is -2.04. The molecule has 0 unspecified atom stereocenters. The molecule has 102 valence electrons. The molecule has 0 saturated heterocycles. The van der Waals surface area contributed by atoms with Crippen molar-refractivity contribution in [2.24, 2.45) is 0 Å². The normalized spacial score (nSPS) is 10.5. The van der Waals surface area contributed by atoms with E-state index in [-0.39, 0.29) is 6.03 Å². The molecule has 5 heteroatoms. The van der Waals surface area contributed by atoms with Gasteiger partial charge in [-0.3, -0.25) is 0 Å². The number of carbonyl (C=O) groups is 1. The predicted octanol–water partition coefficient (Wildman–Crippen LogP) is 4.89. The number of urea groups is 1. The quantitative estimate of drug-likeness (QED) is 0.811. The Balaban J connectivity index is 1.87. The molecule has 0 fully saturated rings. The second-order valence-corrected chi connectivity index (χ2v) is 5.35. The van der Waals surface area contributed by atoms with Gasteiger partial charge >= 0.3 is 6.03 Å². The molecule has 0 aliphatic rings. The standard InChI is InChI=1S/C15H12BrClN2O/c16-12-6-4-11(5-7-12)8-9-18-15(20)19-14-3-1-2-13(17)10-14/h1-10H,(H2,18,19,20)/b9-8+. The van der Waals surface area contributed by atoms with Gasteiger partial charge in [-0.15, -0.1) is 0 Å². The van der Waals surface area contributed by atoms with Crippen molar-refractivity contribution in [2.75, 3.05) is 5.32 Å². The molecule has 0 aliphatic carbocycles. The average Bonchev–Trinajstić information content (AvgIpc) is 2.41. The van der Waals surface area contributed by atoms with Crippen LogP contribution in [0.1, 0.15) is 5.56 Å². The summed E-state index contributed by atoms with van der Waals surface area (Å²) in [6.07, 6.45) is 3.40. The summed E-state index contributed by atoms with van der Waals surface area (Å²) >= 11 is 9.20. The van der Waals surface area contributed by atoms with E-state index in [0.717, 1.165) is 10.0 Å². The lowest BCUT2D eigenvalue weighted by Crippen LogP contribution is -2.23. The van der Waals surface area contributed by atoms with E-state index in [1.807, 2.05) is 30.3 Å². The van der Waals surface area contributed by atoms with Gasteiger partial charge < -0.3 is 10.6 Å². The molecule has 2 aromatic rings. The highest BCUT2D eigenvalue weighted by Gasteiger charge is 1.99. The van der Waals surface area contributed by atoms with E-state index >= 15 is 0 Å². The summed E-state index contributed by atoms with van der Waals surface area (Å²) in [5.74, 6) is 0. The molecule has 0 heterocycles. The molecule has 0 spiro atoms. The summed E-state index contributed by atoms with van der Waals surface area (Å²) in [5, 5.41) is 5.89. The van der Waals surface area contributed by atoms with Crippen LogP contribution in [0.25, 0.3) is 6.08 Å². The molecule has 3 nitrogen and oxygen atoms in total. The fourth-order valence-electron chi connectivity index (χ4n) is 1.52. The van der Waals surface area contributed by atoms with E-state index < -0.39 is 0 Å². The maximum Gasteiger partial charge on any atom is 0.323 e. The number of rotatable bonds is 3. The Morgan fingerprint density at radius 1 is 1.15 bits per heavy atom. The lowest BCUT2D eigenvalue weighted by atomic mass is 10.2. The van der Waals surface area contributed by atoms with E-state index in [9.17, 15) is 4.79 Å². The number of benzene rings is 2. The number of carbonyl (C=O) groups excluding carboxylic acids is 1. The molecule has 0 aliphatic heterocycles. The van der Waals surface area contributed by atoms with Gasteiger partial charge in [0.25, 0.3) is 0 Å². The monoisotopic (exact) mass is 350 g/mol. The second-order valence-electron chi connectivity index (χ2n) is 3.99. The van der Waals surface area contributed by atoms with E-state index in [4.69, 9.17) is 11.6 Å². The van der Waals surface area contributed by atoms with Gasteiger partial charge in [0.15, 0.2) is 0 Å². The summed E-state index contributed by atoms with van der Waals surface area (Å²) in [6, 6.07) is 14.4. The summed E-state index contributed by atoms with van der Waals surface area (Å²) < 4.78 is 1.02. The minimum absolute atomic E-state index is 0.319. The summed E-state index contributed by atoms with van der Waals surface area (Å²) in [4.78, 5) is 11.6. The molecule has 20 heavy (non-hydrogen) atoms. The van der Waals surface area contributed by atoms with Crippen LogP contribution in [0.5, 0.6) is 0 Å². The van der Waals surface area contributed by atoms with Gasteiger partial charge in [-0.2, -0.15) is 0 Å². The molecule has 0 bridgehead atoms. The molecule has 0 aromatic heterocycles. The third-order valence-electron chi connectivity index (χ3n) is 2.44. The van der Waals surface area contributed by atoms with Crippen LogP contribution in [0, 0.1) is 0 Å². The second kappa shape index (κ2) is 7.12. The fourth-order valence-corrected chi connectivity index (χ4v) is 1.98. The number of hydrogen-bond acceptors (Lipinski definition) is 1. The SMILES string of the molecule is O=C(N/C=C/c1ccc(Br)cc1)Nc1cccc(Cl)c1. The Morgan fingerprint density at radius 2 is 1.90 bits per heavy atom. The number of nitrogens with one attached hydrogen (secondary N) is 2. The summed E-state index contributed by atoms with van der Waals surface area (Å²) in [5.41, 5.74) is 1.64. The minimum Gasteiger partial charge on any atom is -0.314 e.